The molecule has 0 aliphatic heterocycles. The minimum Gasteiger partial charge on any atom is -0.872 e. The van der Waals surface area contributed by atoms with E-state index < -0.39 is 16.2 Å². The summed E-state index contributed by atoms with van der Waals surface area (Å²) in [5, 5.41) is 27.6. The molecule has 0 radical (unpaired) electrons. The summed E-state index contributed by atoms with van der Waals surface area (Å²) in [6, 6.07) is 17.5. The largest absolute Gasteiger partial charge is 0.872 e. The molecule has 0 saturated carbocycles. The molecule has 160 valence electrons. The van der Waals surface area contributed by atoms with Gasteiger partial charge < -0.3 is 9.84 Å². The molecular formula is C23H17N4O5-. The fourth-order valence-corrected chi connectivity index (χ4v) is 3.11. The van der Waals surface area contributed by atoms with E-state index in [2.05, 4.69) is 10.1 Å². The second-order valence-corrected chi connectivity index (χ2v) is 6.94. The molecule has 0 fully saturated rings. The van der Waals surface area contributed by atoms with Crippen molar-refractivity contribution in [2.75, 3.05) is 0 Å². The number of hydrogen-bond donors (Lipinski definition) is 0. The van der Waals surface area contributed by atoms with Crippen molar-refractivity contribution in [1.82, 2.24) is 9.66 Å². The lowest BCUT2D eigenvalue weighted by Gasteiger charge is -2.13. The van der Waals surface area contributed by atoms with E-state index in [-0.39, 0.29) is 23.7 Å². The van der Waals surface area contributed by atoms with Crippen molar-refractivity contribution in [2.24, 2.45) is 5.10 Å². The summed E-state index contributed by atoms with van der Waals surface area (Å²) in [5.74, 6) is 0.385. The highest BCUT2D eigenvalue weighted by molar-refractivity contribution is 5.84. The molecule has 0 spiro atoms. The minimum absolute atomic E-state index is 0.0231. The molecule has 3 aromatic carbocycles. The number of aryl methyl sites for hydroxylation is 1. The fourth-order valence-electron chi connectivity index (χ4n) is 3.11. The van der Waals surface area contributed by atoms with Crippen LogP contribution in [0.15, 0.2) is 76.6 Å². The Labute approximate surface area is 182 Å². The van der Waals surface area contributed by atoms with Crippen LogP contribution in [0.3, 0.4) is 0 Å². The normalized spacial score (nSPS) is 11.2. The van der Waals surface area contributed by atoms with E-state index in [0.29, 0.717) is 16.7 Å². The molecule has 4 rings (SSSR count). The smallest absolute Gasteiger partial charge is 0.282 e. The van der Waals surface area contributed by atoms with Gasteiger partial charge in [-0.05, 0) is 36.2 Å². The molecule has 32 heavy (non-hydrogen) atoms. The highest BCUT2D eigenvalue weighted by atomic mass is 16.6. The van der Waals surface area contributed by atoms with Crippen LogP contribution in [-0.2, 0) is 6.61 Å². The Hall–Kier alpha value is -4.53. The average molecular weight is 429 g/mol. The molecule has 1 aromatic heterocycles. The maximum absolute atomic E-state index is 13.1. The molecule has 4 aromatic rings. The average Bonchev–Trinajstić information content (AvgIpc) is 2.79. The third-order valence-electron chi connectivity index (χ3n) is 4.79. The standard InChI is InChI=1S/C23H18N4O5/c1-15-6-2-5-9-21(15)32-14-22-25-19-8-4-3-7-18(19)23(29)26(22)24-13-16-12-17(27(30)31)10-11-20(16)28/h2-13,28H,14H2,1H3/p-1/b24-13-. The summed E-state index contributed by atoms with van der Waals surface area (Å²) in [6.07, 6.45) is 1.12. The van der Waals surface area contributed by atoms with E-state index in [1.165, 1.54) is 0 Å². The number of nitro benzene ring substituents is 1. The van der Waals surface area contributed by atoms with Crippen LogP contribution in [-0.4, -0.2) is 20.8 Å². The molecule has 0 bridgehead atoms. The molecule has 0 aliphatic carbocycles. The van der Waals surface area contributed by atoms with Gasteiger partial charge in [0.25, 0.3) is 11.2 Å². The fraction of sp³-hybridized carbons (Fsp3) is 0.0870. The molecule has 0 unspecified atom stereocenters. The molecule has 9 heteroatoms. The number of non-ortho nitro benzene ring substituents is 1. The lowest BCUT2D eigenvalue weighted by Crippen LogP contribution is -2.23. The number of para-hydroxylation sites is 2. The van der Waals surface area contributed by atoms with Crippen LogP contribution < -0.4 is 15.4 Å². The number of hydrogen-bond acceptors (Lipinski definition) is 7. The quantitative estimate of drug-likeness (QED) is 0.264. The van der Waals surface area contributed by atoms with E-state index in [0.717, 1.165) is 34.7 Å². The topological polar surface area (TPSA) is 123 Å². The van der Waals surface area contributed by atoms with Crippen molar-refractivity contribution in [1.29, 1.82) is 0 Å². The Morgan fingerprint density at radius 1 is 1.12 bits per heavy atom. The number of nitro groups is 1. The minimum atomic E-state index is -0.609. The third kappa shape index (κ3) is 4.17. The lowest BCUT2D eigenvalue weighted by atomic mass is 10.2. The maximum Gasteiger partial charge on any atom is 0.282 e. The Bertz CT molecular complexity index is 1410. The highest BCUT2D eigenvalue weighted by Gasteiger charge is 2.12. The first-order chi connectivity index (χ1) is 15.4. The van der Waals surface area contributed by atoms with Crippen molar-refractivity contribution in [2.45, 2.75) is 13.5 Å². The molecule has 1 heterocycles. The Morgan fingerprint density at radius 2 is 1.88 bits per heavy atom. The van der Waals surface area contributed by atoms with Gasteiger partial charge in [0, 0.05) is 12.1 Å². The zero-order valence-corrected chi connectivity index (χ0v) is 17.0. The summed E-state index contributed by atoms with van der Waals surface area (Å²) >= 11 is 0. The van der Waals surface area contributed by atoms with E-state index in [1.807, 2.05) is 25.1 Å². The number of fused-ring (bicyclic) bond motifs is 1. The van der Waals surface area contributed by atoms with Gasteiger partial charge in [-0.1, -0.05) is 42.1 Å². The van der Waals surface area contributed by atoms with Gasteiger partial charge in [-0.3, -0.25) is 14.9 Å². The molecule has 0 aliphatic rings. The van der Waals surface area contributed by atoms with Gasteiger partial charge >= 0.3 is 0 Å². The molecular weight excluding hydrogens is 412 g/mol. The van der Waals surface area contributed by atoms with Crippen LogP contribution in [0.4, 0.5) is 5.69 Å². The molecule has 0 amide bonds. The van der Waals surface area contributed by atoms with Gasteiger partial charge in [0.2, 0.25) is 0 Å². The first kappa shape index (κ1) is 20.7. The van der Waals surface area contributed by atoms with Crippen molar-refractivity contribution >= 4 is 22.8 Å². The summed E-state index contributed by atoms with van der Waals surface area (Å²) in [7, 11) is 0. The van der Waals surface area contributed by atoms with Gasteiger partial charge in [0.1, 0.15) is 12.4 Å². The van der Waals surface area contributed by atoms with Crippen molar-refractivity contribution in [3.63, 3.8) is 0 Å². The Morgan fingerprint density at radius 3 is 2.66 bits per heavy atom. The number of nitrogens with zero attached hydrogens (tertiary/aromatic N) is 4. The summed E-state index contributed by atoms with van der Waals surface area (Å²) in [6.45, 7) is 1.84. The third-order valence-corrected chi connectivity index (χ3v) is 4.79. The first-order valence-corrected chi connectivity index (χ1v) is 9.63. The first-order valence-electron chi connectivity index (χ1n) is 9.63. The van der Waals surface area contributed by atoms with E-state index in [1.54, 1.807) is 30.3 Å². The molecule has 9 nitrogen and oxygen atoms in total. The van der Waals surface area contributed by atoms with Gasteiger partial charge in [0.05, 0.1) is 22.0 Å². The molecule has 0 saturated heterocycles. The van der Waals surface area contributed by atoms with Crippen molar-refractivity contribution in [3.8, 4) is 11.5 Å². The van der Waals surface area contributed by atoms with Crippen molar-refractivity contribution < 1.29 is 14.8 Å². The van der Waals surface area contributed by atoms with Gasteiger partial charge in [-0.2, -0.15) is 9.78 Å². The predicted molar refractivity (Wildman–Crippen MR) is 117 cm³/mol. The van der Waals surface area contributed by atoms with Gasteiger partial charge in [0.15, 0.2) is 5.82 Å². The summed E-state index contributed by atoms with van der Waals surface area (Å²) in [5.41, 5.74) is 0.668. The van der Waals surface area contributed by atoms with Crippen LogP contribution >= 0.6 is 0 Å². The lowest BCUT2D eigenvalue weighted by molar-refractivity contribution is -0.385. The zero-order chi connectivity index (χ0) is 22.7. The SMILES string of the molecule is Cc1ccccc1OCc1nc2ccccc2c(=O)n1/N=C\c1cc([N+](=O)[O-])ccc1[O-]. The number of rotatable bonds is 6. The summed E-state index contributed by atoms with van der Waals surface area (Å²) in [4.78, 5) is 28.0. The van der Waals surface area contributed by atoms with Gasteiger partial charge in [-0.15, -0.1) is 0 Å². The predicted octanol–water partition coefficient (Wildman–Crippen LogP) is 3.15. The Kier molecular flexibility index (Phi) is 5.63. The van der Waals surface area contributed by atoms with Crippen LogP contribution in [0.2, 0.25) is 0 Å². The van der Waals surface area contributed by atoms with Crippen LogP contribution in [0.1, 0.15) is 17.0 Å². The van der Waals surface area contributed by atoms with E-state index in [4.69, 9.17) is 4.74 Å². The van der Waals surface area contributed by atoms with E-state index >= 15 is 0 Å². The number of ether oxygens (including phenoxy) is 1. The maximum atomic E-state index is 13.1. The summed E-state index contributed by atoms with van der Waals surface area (Å²) < 4.78 is 6.89. The van der Waals surface area contributed by atoms with E-state index in [9.17, 15) is 20.0 Å². The zero-order valence-electron chi connectivity index (χ0n) is 17.0. The van der Waals surface area contributed by atoms with Crippen LogP contribution in [0.25, 0.3) is 10.9 Å². The Balaban J connectivity index is 1.78. The van der Waals surface area contributed by atoms with Crippen molar-refractivity contribution in [3.05, 3.63) is 104 Å². The second kappa shape index (κ2) is 8.68. The number of aromatic nitrogens is 2. The monoisotopic (exact) mass is 429 g/mol. The number of benzene rings is 3. The van der Waals surface area contributed by atoms with Crippen LogP contribution in [0.5, 0.6) is 11.5 Å². The highest BCUT2D eigenvalue weighted by Crippen LogP contribution is 2.20. The second-order valence-electron chi connectivity index (χ2n) is 6.94. The molecule has 0 atom stereocenters. The molecule has 0 N–H and O–H groups in total. The van der Waals surface area contributed by atoms with Gasteiger partial charge in [-0.25, -0.2) is 4.98 Å². The van der Waals surface area contributed by atoms with Crippen LogP contribution in [0, 0.1) is 17.0 Å².